The van der Waals surface area contributed by atoms with Crippen molar-refractivity contribution in [1.82, 2.24) is 0 Å². The molecule has 4 heteroatoms. The van der Waals surface area contributed by atoms with Gasteiger partial charge in [0.05, 0.1) is 5.69 Å². The molecule has 26 heavy (non-hydrogen) atoms. The zero-order chi connectivity index (χ0) is 18.9. The standard InChI is InChI=1S/C22H30N2OS/c1-15-12-17(24-10-7-6-8-19-18(24)9-11-26-19)13-16(2)21(15)23-20(25)14-22(3,4)5/h9,11-13H,6-8,10,14H2,1-5H3,(H,23,25). The molecule has 0 fully saturated rings. The third-order valence-electron chi connectivity index (χ3n) is 4.83. The number of thiophene rings is 1. The highest BCUT2D eigenvalue weighted by atomic mass is 32.1. The Hall–Kier alpha value is -1.81. The van der Waals surface area contributed by atoms with Crippen molar-refractivity contribution in [1.29, 1.82) is 0 Å². The Kier molecular flexibility index (Phi) is 5.42. The van der Waals surface area contributed by atoms with Crippen LogP contribution >= 0.6 is 11.3 Å². The van der Waals surface area contributed by atoms with Crippen LogP contribution in [0.5, 0.6) is 0 Å². The molecule has 0 bridgehead atoms. The van der Waals surface area contributed by atoms with Crippen LogP contribution in [0.4, 0.5) is 17.1 Å². The highest BCUT2D eigenvalue weighted by Gasteiger charge is 2.21. The fourth-order valence-electron chi connectivity index (χ4n) is 3.66. The number of amides is 1. The molecule has 0 unspecified atom stereocenters. The molecule has 1 N–H and O–H groups in total. The van der Waals surface area contributed by atoms with Gasteiger partial charge in [0.25, 0.3) is 0 Å². The Balaban J connectivity index is 1.87. The highest BCUT2D eigenvalue weighted by Crippen LogP contribution is 2.38. The van der Waals surface area contributed by atoms with Crippen molar-refractivity contribution in [3.8, 4) is 0 Å². The van der Waals surface area contributed by atoms with E-state index in [0.717, 1.165) is 23.4 Å². The molecule has 140 valence electrons. The molecule has 1 aliphatic heterocycles. The van der Waals surface area contributed by atoms with Crippen LogP contribution in [0.25, 0.3) is 0 Å². The van der Waals surface area contributed by atoms with Crippen LogP contribution in [0, 0.1) is 19.3 Å². The minimum absolute atomic E-state index is 0.00671. The summed E-state index contributed by atoms with van der Waals surface area (Å²) in [6, 6.07) is 6.67. The average Bonchev–Trinajstić information content (AvgIpc) is 2.88. The number of carbonyl (C=O) groups is 1. The van der Waals surface area contributed by atoms with Crippen molar-refractivity contribution < 1.29 is 4.79 Å². The van der Waals surface area contributed by atoms with Gasteiger partial charge in [-0.05, 0) is 73.2 Å². The first-order chi connectivity index (χ1) is 12.2. The van der Waals surface area contributed by atoms with E-state index in [0.29, 0.717) is 6.42 Å². The van der Waals surface area contributed by atoms with Gasteiger partial charge in [0.1, 0.15) is 0 Å². The van der Waals surface area contributed by atoms with Gasteiger partial charge in [0.2, 0.25) is 5.91 Å². The Bertz CT molecular complexity index is 778. The SMILES string of the molecule is Cc1cc(N2CCCCc3sccc32)cc(C)c1NC(=O)CC(C)(C)C. The van der Waals surface area contributed by atoms with Gasteiger partial charge in [0, 0.05) is 29.2 Å². The summed E-state index contributed by atoms with van der Waals surface area (Å²) in [6.07, 6.45) is 4.17. The molecule has 0 aliphatic carbocycles. The molecule has 1 aliphatic rings. The first-order valence-electron chi connectivity index (χ1n) is 9.49. The fourth-order valence-corrected chi connectivity index (χ4v) is 4.59. The number of benzene rings is 1. The third-order valence-corrected chi connectivity index (χ3v) is 5.80. The monoisotopic (exact) mass is 370 g/mol. The van der Waals surface area contributed by atoms with Crippen LogP contribution in [-0.2, 0) is 11.2 Å². The van der Waals surface area contributed by atoms with E-state index in [9.17, 15) is 4.79 Å². The molecule has 2 heterocycles. The van der Waals surface area contributed by atoms with Crippen LogP contribution in [0.2, 0.25) is 0 Å². The largest absolute Gasteiger partial charge is 0.341 e. The van der Waals surface area contributed by atoms with Crippen LogP contribution in [0.1, 0.15) is 56.0 Å². The van der Waals surface area contributed by atoms with E-state index in [1.165, 1.54) is 35.5 Å². The van der Waals surface area contributed by atoms with E-state index >= 15 is 0 Å². The maximum absolute atomic E-state index is 12.4. The number of hydrogen-bond acceptors (Lipinski definition) is 3. The summed E-state index contributed by atoms with van der Waals surface area (Å²) in [5, 5.41) is 5.33. The lowest BCUT2D eigenvalue weighted by atomic mass is 9.92. The van der Waals surface area contributed by atoms with E-state index in [1.807, 2.05) is 11.3 Å². The zero-order valence-electron chi connectivity index (χ0n) is 16.6. The van der Waals surface area contributed by atoms with Crippen molar-refractivity contribution in [3.63, 3.8) is 0 Å². The number of hydrogen-bond donors (Lipinski definition) is 1. The summed E-state index contributed by atoms with van der Waals surface area (Å²) in [6.45, 7) is 11.5. The molecular formula is C22H30N2OS. The molecule has 0 saturated carbocycles. The minimum Gasteiger partial charge on any atom is -0.341 e. The summed E-state index contributed by atoms with van der Waals surface area (Å²) in [5.74, 6) is 0.0892. The molecule has 1 aromatic heterocycles. The Morgan fingerprint density at radius 3 is 2.54 bits per heavy atom. The second-order valence-electron chi connectivity index (χ2n) is 8.58. The van der Waals surface area contributed by atoms with Gasteiger partial charge < -0.3 is 10.2 Å². The van der Waals surface area contributed by atoms with Crippen LogP contribution in [-0.4, -0.2) is 12.5 Å². The lowest BCUT2D eigenvalue weighted by molar-refractivity contribution is -0.117. The molecular weight excluding hydrogens is 340 g/mol. The summed E-state index contributed by atoms with van der Waals surface area (Å²) in [7, 11) is 0. The summed E-state index contributed by atoms with van der Waals surface area (Å²) in [4.78, 5) is 16.3. The first kappa shape index (κ1) is 19.0. The molecule has 0 atom stereocenters. The van der Waals surface area contributed by atoms with Crippen LogP contribution < -0.4 is 10.2 Å². The number of rotatable bonds is 3. The van der Waals surface area contributed by atoms with E-state index < -0.39 is 0 Å². The average molecular weight is 371 g/mol. The fraction of sp³-hybridized carbons (Fsp3) is 0.500. The topological polar surface area (TPSA) is 32.3 Å². The molecule has 3 nitrogen and oxygen atoms in total. The van der Waals surface area contributed by atoms with Crippen LogP contribution in [0.3, 0.4) is 0 Å². The number of anilines is 3. The molecule has 0 radical (unpaired) electrons. The van der Waals surface area contributed by atoms with E-state index in [2.05, 4.69) is 68.4 Å². The molecule has 1 aromatic carbocycles. The second-order valence-corrected chi connectivity index (χ2v) is 9.58. The summed E-state index contributed by atoms with van der Waals surface area (Å²) in [5.41, 5.74) is 5.80. The molecule has 2 aromatic rings. The van der Waals surface area contributed by atoms with E-state index in [1.54, 1.807) is 0 Å². The van der Waals surface area contributed by atoms with Gasteiger partial charge in [-0.15, -0.1) is 11.3 Å². The van der Waals surface area contributed by atoms with Gasteiger partial charge >= 0.3 is 0 Å². The molecule has 0 saturated heterocycles. The lowest BCUT2D eigenvalue weighted by Crippen LogP contribution is -2.21. The first-order valence-corrected chi connectivity index (χ1v) is 10.4. The zero-order valence-corrected chi connectivity index (χ0v) is 17.4. The van der Waals surface area contributed by atoms with Crippen molar-refractivity contribution >= 4 is 34.3 Å². The smallest absolute Gasteiger partial charge is 0.224 e. The normalized spacial score (nSPS) is 14.7. The van der Waals surface area contributed by atoms with Gasteiger partial charge in [-0.2, -0.15) is 0 Å². The predicted octanol–water partition coefficient (Wildman–Crippen LogP) is 6.21. The maximum atomic E-state index is 12.4. The molecule has 0 spiro atoms. The Labute approximate surface area is 161 Å². The minimum atomic E-state index is -0.00671. The Morgan fingerprint density at radius 1 is 1.19 bits per heavy atom. The van der Waals surface area contributed by atoms with E-state index in [-0.39, 0.29) is 11.3 Å². The number of carbonyl (C=O) groups excluding carboxylic acids is 1. The van der Waals surface area contributed by atoms with Crippen molar-refractivity contribution in [2.75, 3.05) is 16.8 Å². The quantitative estimate of drug-likeness (QED) is 0.696. The predicted molar refractivity (Wildman–Crippen MR) is 113 cm³/mol. The molecule has 3 rings (SSSR count). The number of nitrogens with zero attached hydrogens (tertiary/aromatic N) is 1. The number of aryl methyl sites for hydroxylation is 3. The van der Waals surface area contributed by atoms with Crippen molar-refractivity contribution in [3.05, 3.63) is 39.6 Å². The van der Waals surface area contributed by atoms with Gasteiger partial charge in [-0.1, -0.05) is 20.8 Å². The van der Waals surface area contributed by atoms with Gasteiger partial charge in [0.15, 0.2) is 0 Å². The maximum Gasteiger partial charge on any atom is 0.224 e. The summed E-state index contributed by atoms with van der Waals surface area (Å²) >= 11 is 1.86. The highest BCUT2D eigenvalue weighted by molar-refractivity contribution is 7.10. The molecule has 1 amide bonds. The van der Waals surface area contributed by atoms with Crippen molar-refractivity contribution in [2.24, 2.45) is 5.41 Å². The van der Waals surface area contributed by atoms with Gasteiger partial charge in [-0.3, -0.25) is 4.79 Å². The Morgan fingerprint density at radius 2 is 1.88 bits per heavy atom. The second kappa shape index (κ2) is 7.43. The van der Waals surface area contributed by atoms with Crippen molar-refractivity contribution in [2.45, 2.75) is 60.3 Å². The summed E-state index contributed by atoms with van der Waals surface area (Å²) < 4.78 is 0. The number of nitrogens with one attached hydrogen (secondary N) is 1. The lowest BCUT2D eigenvalue weighted by Gasteiger charge is -2.26. The third kappa shape index (κ3) is 4.29. The van der Waals surface area contributed by atoms with Crippen LogP contribution in [0.15, 0.2) is 23.6 Å². The van der Waals surface area contributed by atoms with Gasteiger partial charge in [-0.25, -0.2) is 0 Å². The number of fused-ring (bicyclic) bond motifs is 1. The van der Waals surface area contributed by atoms with E-state index in [4.69, 9.17) is 0 Å².